The van der Waals surface area contributed by atoms with Gasteiger partial charge in [-0.1, -0.05) is 72.3 Å². The summed E-state index contributed by atoms with van der Waals surface area (Å²) < 4.78 is 1.87. The van der Waals surface area contributed by atoms with E-state index in [1.807, 2.05) is 53.2 Å². The molecular weight excluding hydrogens is 272 g/mol. The first-order valence-corrected chi connectivity index (χ1v) is 7.29. The highest BCUT2D eigenvalue weighted by atomic mass is 15.5. The van der Waals surface area contributed by atoms with Gasteiger partial charge >= 0.3 is 0 Å². The number of hydrogen-bond donors (Lipinski definition) is 0. The fourth-order valence-electron chi connectivity index (χ4n) is 2.43. The van der Waals surface area contributed by atoms with E-state index in [0.29, 0.717) is 0 Å². The Morgan fingerprint density at radius 1 is 0.955 bits per heavy atom. The summed E-state index contributed by atoms with van der Waals surface area (Å²) in [7, 11) is 0. The third-order valence-corrected chi connectivity index (χ3v) is 3.42. The number of nitrogens with zero attached hydrogens (tertiary/aromatic N) is 4. The van der Waals surface area contributed by atoms with Crippen LogP contribution in [0, 0.1) is 0 Å². The van der Waals surface area contributed by atoms with Gasteiger partial charge in [0.1, 0.15) is 0 Å². The Morgan fingerprint density at radius 2 is 1.59 bits per heavy atom. The molecule has 1 aromatic heterocycles. The second-order valence-electron chi connectivity index (χ2n) is 5.41. The number of aromatic nitrogens is 4. The largest absolute Gasteiger partial charge is 0.214 e. The molecule has 110 valence electrons. The van der Waals surface area contributed by atoms with Crippen molar-refractivity contribution in [1.82, 2.24) is 20.2 Å². The van der Waals surface area contributed by atoms with E-state index >= 15 is 0 Å². The van der Waals surface area contributed by atoms with Gasteiger partial charge in [0.25, 0.3) is 0 Å². The second-order valence-corrected chi connectivity index (χ2v) is 5.41. The molecule has 0 saturated heterocycles. The summed E-state index contributed by atoms with van der Waals surface area (Å²) in [6.45, 7) is 4.17. The average molecular weight is 290 g/mol. The van der Waals surface area contributed by atoms with Crippen molar-refractivity contribution in [2.45, 2.75) is 19.9 Å². The molecular formula is C18H18N4. The molecule has 22 heavy (non-hydrogen) atoms. The lowest BCUT2D eigenvalue weighted by Crippen LogP contribution is -2.12. The van der Waals surface area contributed by atoms with Crippen LogP contribution < -0.4 is 0 Å². The minimum Gasteiger partial charge on any atom is -0.214 e. The molecule has 4 heteroatoms. The van der Waals surface area contributed by atoms with Gasteiger partial charge in [-0.15, -0.1) is 5.10 Å². The predicted molar refractivity (Wildman–Crippen MR) is 87.3 cm³/mol. The molecule has 0 amide bonds. The lowest BCUT2D eigenvalue weighted by molar-refractivity contribution is 0.587. The maximum atomic E-state index is 4.23. The van der Waals surface area contributed by atoms with Crippen molar-refractivity contribution in [2.24, 2.45) is 0 Å². The molecule has 1 heterocycles. The molecule has 1 atom stereocenters. The van der Waals surface area contributed by atoms with Crippen LogP contribution in [0.25, 0.3) is 11.4 Å². The van der Waals surface area contributed by atoms with Gasteiger partial charge in [0.2, 0.25) is 0 Å². The van der Waals surface area contributed by atoms with E-state index in [1.54, 1.807) is 0 Å². The average Bonchev–Trinajstić information content (AvgIpc) is 3.03. The quantitative estimate of drug-likeness (QED) is 0.685. The summed E-state index contributed by atoms with van der Waals surface area (Å²) in [6, 6.07) is 20.3. The summed E-state index contributed by atoms with van der Waals surface area (Å²) in [4.78, 5) is 0. The third kappa shape index (κ3) is 2.96. The van der Waals surface area contributed by atoms with Crippen LogP contribution in [0.3, 0.4) is 0 Å². The summed E-state index contributed by atoms with van der Waals surface area (Å²) in [5, 5.41) is 12.3. The molecule has 3 rings (SSSR count). The van der Waals surface area contributed by atoms with Crippen LogP contribution in [0.15, 0.2) is 72.3 Å². The van der Waals surface area contributed by atoms with Gasteiger partial charge in [-0.2, -0.15) is 0 Å². The van der Waals surface area contributed by atoms with Crippen molar-refractivity contribution >= 4 is 0 Å². The van der Waals surface area contributed by atoms with Crippen LogP contribution in [-0.2, 0) is 0 Å². The van der Waals surface area contributed by atoms with Gasteiger partial charge in [0, 0.05) is 5.56 Å². The van der Waals surface area contributed by atoms with Crippen LogP contribution in [0.2, 0.25) is 0 Å². The SMILES string of the molecule is CC(C)=CC(c1ccccc1)n1nnnc1-c1ccccc1. The molecule has 0 aliphatic carbocycles. The molecule has 0 fully saturated rings. The first-order chi connectivity index (χ1) is 10.8. The number of hydrogen-bond acceptors (Lipinski definition) is 3. The molecule has 4 nitrogen and oxygen atoms in total. The molecule has 0 N–H and O–H groups in total. The summed E-state index contributed by atoms with van der Waals surface area (Å²) in [5.74, 6) is 0.770. The normalized spacial score (nSPS) is 11.9. The van der Waals surface area contributed by atoms with Crippen molar-refractivity contribution in [2.75, 3.05) is 0 Å². The molecule has 0 saturated carbocycles. The molecule has 0 radical (unpaired) electrons. The lowest BCUT2D eigenvalue weighted by atomic mass is 10.0. The highest BCUT2D eigenvalue weighted by Gasteiger charge is 2.18. The Balaban J connectivity index is 2.11. The van der Waals surface area contributed by atoms with Gasteiger partial charge in [-0.3, -0.25) is 0 Å². The minimum absolute atomic E-state index is 0.0172. The molecule has 2 aromatic carbocycles. The molecule has 0 bridgehead atoms. The molecule has 1 unspecified atom stereocenters. The van der Waals surface area contributed by atoms with E-state index in [4.69, 9.17) is 0 Å². The van der Waals surface area contributed by atoms with E-state index in [2.05, 4.69) is 47.6 Å². The second kappa shape index (κ2) is 6.35. The van der Waals surface area contributed by atoms with E-state index in [-0.39, 0.29) is 6.04 Å². The fraction of sp³-hybridized carbons (Fsp3) is 0.167. The van der Waals surface area contributed by atoms with Crippen LogP contribution in [-0.4, -0.2) is 20.2 Å². The predicted octanol–water partition coefficient (Wildman–Crippen LogP) is 3.90. The van der Waals surface area contributed by atoms with Gasteiger partial charge in [0.15, 0.2) is 5.82 Å². The van der Waals surface area contributed by atoms with Gasteiger partial charge < -0.3 is 0 Å². The third-order valence-electron chi connectivity index (χ3n) is 3.42. The topological polar surface area (TPSA) is 43.6 Å². The summed E-state index contributed by atoms with van der Waals surface area (Å²) in [5.41, 5.74) is 3.40. The Morgan fingerprint density at radius 3 is 2.23 bits per heavy atom. The smallest absolute Gasteiger partial charge is 0.182 e. The summed E-state index contributed by atoms with van der Waals surface area (Å²) >= 11 is 0. The molecule has 3 aromatic rings. The number of benzene rings is 2. The number of rotatable bonds is 4. The van der Waals surface area contributed by atoms with Crippen LogP contribution >= 0.6 is 0 Å². The van der Waals surface area contributed by atoms with E-state index in [1.165, 1.54) is 5.57 Å². The lowest BCUT2D eigenvalue weighted by Gasteiger charge is -2.16. The van der Waals surface area contributed by atoms with Gasteiger partial charge in [-0.05, 0) is 29.8 Å². The number of allylic oxidation sites excluding steroid dienone is 2. The van der Waals surface area contributed by atoms with E-state index < -0.39 is 0 Å². The van der Waals surface area contributed by atoms with Crippen molar-refractivity contribution in [1.29, 1.82) is 0 Å². The standard InChI is InChI=1S/C18H18N4/c1-14(2)13-17(15-9-5-3-6-10-15)22-18(19-20-21-22)16-11-7-4-8-12-16/h3-13,17H,1-2H3. The molecule has 0 spiro atoms. The Kier molecular flexibility index (Phi) is 4.10. The van der Waals surface area contributed by atoms with E-state index in [0.717, 1.165) is 17.0 Å². The molecule has 0 aliphatic heterocycles. The number of tetrazole rings is 1. The van der Waals surface area contributed by atoms with Gasteiger partial charge in [-0.25, -0.2) is 4.68 Å². The van der Waals surface area contributed by atoms with Crippen molar-refractivity contribution < 1.29 is 0 Å². The van der Waals surface area contributed by atoms with Crippen LogP contribution in [0.5, 0.6) is 0 Å². The maximum Gasteiger partial charge on any atom is 0.182 e. The van der Waals surface area contributed by atoms with Gasteiger partial charge in [0.05, 0.1) is 6.04 Å². The highest BCUT2D eigenvalue weighted by Crippen LogP contribution is 2.25. The zero-order chi connectivity index (χ0) is 15.4. The highest BCUT2D eigenvalue weighted by molar-refractivity contribution is 5.54. The zero-order valence-electron chi connectivity index (χ0n) is 12.7. The monoisotopic (exact) mass is 290 g/mol. The van der Waals surface area contributed by atoms with Crippen LogP contribution in [0.1, 0.15) is 25.5 Å². The van der Waals surface area contributed by atoms with Crippen molar-refractivity contribution in [3.8, 4) is 11.4 Å². The van der Waals surface area contributed by atoms with Crippen molar-refractivity contribution in [3.05, 3.63) is 77.9 Å². The Labute approximate surface area is 130 Å². The first-order valence-electron chi connectivity index (χ1n) is 7.29. The first kappa shape index (κ1) is 14.2. The fourth-order valence-corrected chi connectivity index (χ4v) is 2.43. The Hall–Kier alpha value is -2.75. The zero-order valence-corrected chi connectivity index (χ0v) is 12.7. The molecule has 0 aliphatic rings. The maximum absolute atomic E-state index is 4.23. The van der Waals surface area contributed by atoms with E-state index in [9.17, 15) is 0 Å². The summed E-state index contributed by atoms with van der Waals surface area (Å²) in [6.07, 6.45) is 2.18. The van der Waals surface area contributed by atoms with Crippen LogP contribution in [0.4, 0.5) is 0 Å². The van der Waals surface area contributed by atoms with Crippen molar-refractivity contribution in [3.63, 3.8) is 0 Å². The minimum atomic E-state index is -0.0172. The Bertz CT molecular complexity index is 756.